The van der Waals surface area contributed by atoms with Crippen LogP contribution in [0.15, 0.2) is 35.2 Å². The van der Waals surface area contributed by atoms with Crippen molar-refractivity contribution in [2.75, 3.05) is 12.4 Å². The lowest BCUT2D eigenvalue weighted by atomic mass is 9.86. The zero-order valence-corrected chi connectivity index (χ0v) is 13.8. The van der Waals surface area contributed by atoms with Gasteiger partial charge in [-0.05, 0) is 49.1 Å². The largest absolute Gasteiger partial charge is 0.496 e. The van der Waals surface area contributed by atoms with Crippen molar-refractivity contribution in [3.63, 3.8) is 0 Å². The molecule has 2 fully saturated rings. The van der Waals surface area contributed by atoms with Gasteiger partial charge < -0.3 is 14.5 Å². The summed E-state index contributed by atoms with van der Waals surface area (Å²) in [6, 6.07) is 5.59. The first-order valence-corrected chi connectivity index (χ1v) is 8.59. The highest BCUT2D eigenvalue weighted by molar-refractivity contribution is 5.91. The van der Waals surface area contributed by atoms with Crippen LogP contribution in [0.25, 0.3) is 11.3 Å². The number of hydrogen-bond acceptors (Lipinski definition) is 4. The minimum Gasteiger partial charge on any atom is -0.496 e. The molecule has 2 aliphatic carbocycles. The van der Waals surface area contributed by atoms with Crippen molar-refractivity contribution in [1.29, 1.82) is 0 Å². The fourth-order valence-corrected chi connectivity index (χ4v) is 4.40. The van der Waals surface area contributed by atoms with Crippen molar-refractivity contribution in [3.05, 3.63) is 30.8 Å². The van der Waals surface area contributed by atoms with Crippen LogP contribution in [0.2, 0.25) is 0 Å². The molecule has 4 rings (SSSR count). The molecule has 2 aromatic rings. The number of aromatic nitrogens is 1. The zero-order chi connectivity index (χ0) is 16.5. The SMILES string of the molecule is COc1cc(NC(=O)CC2CC3CCC2C3)ccc1-c1cnco1. The molecule has 2 aliphatic rings. The molecule has 126 valence electrons. The van der Waals surface area contributed by atoms with E-state index in [1.807, 2.05) is 18.2 Å². The van der Waals surface area contributed by atoms with Gasteiger partial charge in [-0.25, -0.2) is 4.98 Å². The molecule has 0 radical (unpaired) electrons. The lowest BCUT2D eigenvalue weighted by Gasteiger charge is -2.21. The minimum atomic E-state index is 0.0991. The first kappa shape index (κ1) is 15.2. The second-order valence-electron chi connectivity index (χ2n) is 6.97. The van der Waals surface area contributed by atoms with E-state index in [-0.39, 0.29) is 5.91 Å². The van der Waals surface area contributed by atoms with E-state index in [1.54, 1.807) is 13.3 Å². The van der Waals surface area contributed by atoms with Gasteiger partial charge in [-0.2, -0.15) is 0 Å². The maximum absolute atomic E-state index is 12.4. The number of fused-ring (bicyclic) bond motifs is 2. The number of nitrogens with zero attached hydrogens (tertiary/aromatic N) is 1. The Morgan fingerprint density at radius 2 is 2.29 bits per heavy atom. The summed E-state index contributed by atoms with van der Waals surface area (Å²) < 4.78 is 10.7. The molecule has 1 aromatic carbocycles. The number of anilines is 1. The van der Waals surface area contributed by atoms with E-state index < -0.39 is 0 Å². The molecule has 5 heteroatoms. The molecule has 2 saturated carbocycles. The second-order valence-corrected chi connectivity index (χ2v) is 6.97. The quantitative estimate of drug-likeness (QED) is 0.898. The van der Waals surface area contributed by atoms with E-state index in [2.05, 4.69) is 10.3 Å². The highest BCUT2D eigenvalue weighted by Gasteiger charge is 2.40. The summed E-state index contributed by atoms with van der Waals surface area (Å²) in [6.07, 6.45) is 8.90. The van der Waals surface area contributed by atoms with Crippen LogP contribution < -0.4 is 10.1 Å². The first-order chi connectivity index (χ1) is 11.7. The minimum absolute atomic E-state index is 0.0991. The molecule has 1 N–H and O–H groups in total. The smallest absolute Gasteiger partial charge is 0.224 e. The number of oxazole rings is 1. The molecule has 3 atom stereocenters. The summed E-state index contributed by atoms with van der Waals surface area (Å²) in [4.78, 5) is 16.3. The van der Waals surface area contributed by atoms with Crippen molar-refractivity contribution in [1.82, 2.24) is 4.98 Å². The fourth-order valence-electron chi connectivity index (χ4n) is 4.40. The number of hydrogen-bond donors (Lipinski definition) is 1. The van der Waals surface area contributed by atoms with Crippen LogP contribution in [0.5, 0.6) is 5.75 Å². The third-order valence-corrected chi connectivity index (χ3v) is 5.52. The number of ether oxygens (including phenoxy) is 1. The maximum Gasteiger partial charge on any atom is 0.224 e. The molecule has 5 nitrogen and oxygen atoms in total. The number of nitrogens with one attached hydrogen (secondary N) is 1. The summed E-state index contributed by atoms with van der Waals surface area (Å²) in [6.45, 7) is 0. The van der Waals surface area contributed by atoms with Gasteiger partial charge in [0.05, 0.1) is 18.9 Å². The summed E-state index contributed by atoms with van der Waals surface area (Å²) in [7, 11) is 1.61. The molecular formula is C19H22N2O3. The highest BCUT2D eigenvalue weighted by atomic mass is 16.5. The maximum atomic E-state index is 12.4. The topological polar surface area (TPSA) is 64.4 Å². The normalized spacial score (nSPS) is 25.0. The van der Waals surface area contributed by atoms with Crippen LogP contribution in [0.3, 0.4) is 0 Å². The van der Waals surface area contributed by atoms with E-state index >= 15 is 0 Å². The third-order valence-electron chi connectivity index (χ3n) is 5.52. The number of rotatable bonds is 5. The van der Waals surface area contributed by atoms with Crippen LogP contribution >= 0.6 is 0 Å². The molecule has 2 bridgehead atoms. The average Bonchev–Trinajstić information content (AvgIpc) is 3.32. The summed E-state index contributed by atoms with van der Waals surface area (Å²) in [5.74, 6) is 3.61. The number of carbonyl (C=O) groups is 1. The summed E-state index contributed by atoms with van der Waals surface area (Å²) in [5.41, 5.74) is 1.57. The molecule has 0 saturated heterocycles. The van der Waals surface area contributed by atoms with Crippen LogP contribution in [0.1, 0.15) is 32.1 Å². The van der Waals surface area contributed by atoms with Crippen LogP contribution in [-0.2, 0) is 4.79 Å². The highest BCUT2D eigenvalue weighted by Crippen LogP contribution is 2.49. The lowest BCUT2D eigenvalue weighted by Crippen LogP contribution is -2.20. The Bertz CT molecular complexity index is 726. The van der Waals surface area contributed by atoms with E-state index in [0.717, 1.165) is 23.1 Å². The van der Waals surface area contributed by atoms with Gasteiger partial charge in [0.15, 0.2) is 12.2 Å². The third kappa shape index (κ3) is 2.90. The molecule has 0 spiro atoms. The standard InChI is InChI=1S/C19H22N2O3/c1-23-17-9-15(4-5-16(17)18-10-20-11-24-18)21-19(22)8-14-7-12-2-3-13(14)6-12/h4-5,9-14H,2-3,6-8H2,1H3,(H,21,22). The van der Waals surface area contributed by atoms with Gasteiger partial charge in [0.2, 0.25) is 5.91 Å². The Morgan fingerprint density at radius 1 is 1.38 bits per heavy atom. The van der Waals surface area contributed by atoms with Gasteiger partial charge in [0.25, 0.3) is 0 Å². The predicted octanol–water partition coefficient (Wildman–Crippen LogP) is 4.12. The van der Waals surface area contributed by atoms with Crippen LogP contribution in [0, 0.1) is 17.8 Å². The molecule has 1 amide bonds. The Kier molecular flexibility index (Phi) is 4.00. The average molecular weight is 326 g/mol. The summed E-state index contributed by atoms with van der Waals surface area (Å²) >= 11 is 0. The van der Waals surface area contributed by atoms with Crippen molar-refractivity contribution < 1.29 is 13.9 Å². The fraction of sp³-hybridized carbons (Fsp3) is 0.474. The Hall–Kier alpha value is -2.30. The van der Waals surface area contributed by atoms with E-state index in [1.165, 1.54) is 32.1 Å². The zero-order valence-electron chi connectivity index (χ0n) is 13.8. The number of amides is 1. The van der Waals surface area contributed by atoms with Crippen molar-refractivity contribution in [2.45, 2.75) is 32.1 Å². The van der Waals surface area contributed by atoms with Gasteiger partial charge in [0, 0.05) is 18.2 Å². The van der Waals surface area contributed by atoms with Gasteiger partial charge in [-0.1, -0.05) is 6.42 Å². The molecule has 0 aliphatic heterocycles. The molecule has 1 heterocycles. The predicted molar refractivity (Wildman–Crippen MR) is 90.7 cm³/mol. The van der Waals surface area contributed by atoms with Crippen LogP contribution in [-0.4, -0.2) is 18.0 Å². The Morgan fingerprint density at radius 3 is 2.96 bits per heavy atom. The van der Waals surface area contributed by atoms with E-state index in [4.69, 9.17) is 9.15 Å². The van der Waals surface area contributed by atoms with Crippen molar-refractivity contribution >= 4 is 11.6 Å². The Labute approximate surface area is 141 Å². The van der Waals surface area contributed by atoms with Crippen molar-refractivity contribution in [3.8, 4) is 17.1 Å². The number of benzene rings is 1. The number of methoxy groups -OCH3 is 1. The van der Waals surface area contributed by atoms with Gasteiger partial charge in [0.1, 0.15) is 5.75 Å². The van der Waals surface area contributed by atoms with E-state index in [9.17, 15) is 4.79 Å². The molecule has 24 heavy (non-hydrogen) atoms. The number of carbonyl (C=O) groups excluding carboxylic acids is 1. The molecule has 1 aromatic heterocycles. The second kappa shape index (κ2) is 6.30. The monoisotopic (exact) mass is 326 g/mol. The Balaban J connectivity index is 1.43. The lowest BCUT2D eigenvalue weighted by molar-refractivity contribution is -0.117. The molecule has 3 unspecified atom stereocenters. The van der Waals surface area contributed by atoms with Gasteiger partial charge in [-0.15, -0.1) is 0 Å². The first-order valence-electron chi connectivity index (χ1n) is 8.59. The molecular weight excluding hydrogens is 304 g/mol. The van der Waals surface area contributed by atoms with Gasteiger partial charge >= 0.3 is 0 Å². The summed E-state index contributed by atoms with van der Waals surface area (Å²) in [5, 5.41) is 3.01. The van der Waals surface area contributed by atoms with Crippen molar-refractivity contribution in [2.24, 2.45) is 17.8 Å². The van der Waals surface area contributed by atoms with Gasteiger partial charge in [-0.3, -0.25) is 4.79 Å². The van der Waals surface area contributed by atoms with Crippen LogP contribution in [0.4, 0.5) is 5.69 Å². The van der Waals surface area contributed by atoms with E-state index in [0.29, 0.717) is 23.8 Å².